The number of anilines is 3. The summed E-state index contributed by atoms with van der Waals surface area (Å²) in [5.41, 5.74) is 16.5. The van der Waals surface area contributed by atoms with Gasteiger partial charge in [-0.25, -0.2) is 0 Å². The summed E-state index contributed by atoms with van der Waals surface area (Å²) in [5.74, 6) is 0. The van der Waals surface area contributed by atoms with Crippen LogP contribution >= 0.6 is 11.3 Å². The molecule has 0 saturated carbocycles. The van der Waals surface area contributed by atoms with E-state index in [2.05, 4.69) is 252 Å². The molecule has 0 saturated heterocycles. The summed E-state index contributed by atoms with van der Waals surface area (Å²) in [6, 6.07) is 88.2. The first-order chi connectivity index (χ1) is 31.2. The molecule has 296 valence electrons. The van der Waals surface area contributed by atoms with Crippen molar-refractivity contribution in [1.29, 1.82) is 0 Å². The molecule has 3 heteroatoms. The van der Waals surface area contributed by atoms with E-state index in [4.69, 9.17) is 0 Å². The number of rotatable bonds is 8. The van der Waals surface area contributed by atoms with Gasteiger partial charge < -0.3 is 9.47 Å². The molecule has 0 radical (unpaired) electrons. The molecule has 10 aromatic carbocycles. The smallest absolute Gasteiger partial charge is 0.0541 e. The Morgan fingerprint density at radius 3 is 1.48 bits per heavy atom. The normalized spacial score (nSPS) is 11.5. The van der Waals surface area contributed by atoms with Crippen LogP contribution in [0.15, 0.2) is 243 Å². The Kier molecular flexibility index (Phi) is 9.06. The first-order valence-corrected chi connectivity index (χ1v) is 22.3. The quantitative estimate of drug-likeness (QED) is 0.148. The molecule has 0 spiro atoms. The summed E-state index contributed by atoms with van der Waals surface area (Å²) in [5, 5.41) is 5.15. The van der Waals surface area contributed by atoms with Crippen LogP contribution in [0.25, 0.3) is 92.2 Å². The highest BCUT2D eigenvalue weighted by atomic mass is 32.1. The predicted octanol–water partition coefficient (Wildman–Crippen LogP) is 17.3. The molecule has 2 heterocycles. The molecule has 2 nitrogen and oxygen atoms in total. The van der Waals surface area contributed by atoms with Gasteiger partial charge in [-0.2, -0.15) is 0 Å². The summed E-state index contributed by atoms with van der Waals surface area (Å²) in [6.07, 6.45) is 0. The zero-order chi connectivity index (χ0) is 41.7. The van der Waals surface area contributed by atoms with Crippen molar-refractivity contribution in [3.63, 3.8) is 0 Å². The minimum absolute atomic E-state index is 1.10. The van der Waals surface area contributed by atoms with Gasteiger partial charge >= 0.3 is 0 Å². The molecule has 0 unspecified atom stereocenters. The van der Waals surface area contributed by atoms with E-state index >= 15 is 0 Å². The van der Waals surface area contributed by atoms with Gasteiger partial charge in [-0.05, 0) is 123 Å². The van der Waals surface area contributed by atoms with Crippen molar-refractivity contribution < 1.29 is 0 Å². The Labute approximate surface area is 370 Å². The van der Waals surface area contributed by atoms with Crippen LogP contribution in [0, 0.1) is 0 Å². The third-order valence-corrected chi connectivity index (χ3v) is 13.6. The van der Waals surface area contributed by atoms with E-state index < -0.39 is 0 Å². The highest BCUT2D eigenvalue weighted by molar-refractivity contribution is 7.26. The zero-order valence-corrected chi connectivity index (χ0v) is 35.2. The van der Waals surface area contributed by atoms with E-state index in [0.717, 1.165) is 17.1 Å². The summed E-state index contributed by atoms with van der Waals surface area (Å²) in [4.78, 5) is 2.36. The molecule has 0 amide bonds. The Bertz CT molecular complexity index is 3580. The van der Waals surface area contributed by atoms with Crippen molar-refractivity contribution in [2.75, 3.05) is 4.90 Å². The van der Waals surface area contributed by atoms with Crippen molar-refractivity contribution >= 4 is 70.4 Å². The maximum absolute atomic E-state index is 2.37. The van der Waals surface area contributed by atoms with Crippen molar-refractivity contribution in [3.05, 3.63) is 243 Å². The van der Waals surface area contributed by atoms with E-state index in [9.17, 15) is 0 Å². The third-order valence-electron chi connectivity index (χ3n) is 12.4. The lowest BCUT2D eigenvalue weighted by Crippen LogP contribution is -2.09. The van der Waals surface area contributed by atoms with E-state index in [1.165, 1.54) is 92.2 Å². The minimum Gasteiger partial charge on any atom is -0.311 e. The van der Waals surface area contributed by atoms with Gasteiger partial charge in [0.05, 0.1) is 11.0 Å². The van der Waals surface area contributed by atoms with Gasteiger partial charge in [-0.3, -0.25) is 0 Å². The van der Waals surface area contributed by atoms with Crippen LogP contribution < -0.4 is 4.90 Å². The average Bonchev–Trinajstić information content (AvgIpc) is 3.91. The molecular weight excluding hydrogens is 781 g/mol. The van der Waals surface area contributed by atoms with Crippen LogP contribution in [0.4, 0.5) is 17.1 Å². The van der Waals surface area contributed by atoms with Crippen molar-refractivity contribution in [2.24, 2.45) is 0 Å². The van der Waals surface area contributed by atoms with Crippen LogP contribution in [-0.2, 0) is 0 Å². The van der Waals surface area contributed by atoms with Gasteiger partial charge in [-0.1, -0.05) is 164 Å². The molecule has 2 aromatic heterocycles. The second kappa shape index (κ2) is 15.5. The number of aromatic nitrogens is 1. The topological polar surface area (TPSA) is 8.17 Å². The lowest BCUT2D eigenvalue weighted by molar-refractivity contribution is 1.18. The number of hydrogen-bond donors (Lipinski definition) is 0. The number of fused-ring (bicyclic) bond motifs is 6. The summed E-state index contributed by atoms with van der Waals surface area (Å²) >= 11 is 1.88. The molecule has 0 aliphatic carbocycles. The van der Waals surface area contributed by atoms with Gasteiger partial charge in [0.25, 0.3) is 0 Å². The first-order valence-electron chi connectivity index (χ1n) is 21.5. The van der Waals surface area contributed by atoms with Crippen LogP contribution in [0.1, 0.15) is 0 Å². The Morgan fingerprint density at radius 2 is 0.778 bits per heavy atom. The second-order valence-electron chi connectivity index (χ2n) is 16.1. The lowest BCUT2D eigenvalue weighted by atomic mass is 9.97. The molecule has 12 aromatic rings. The van der Waals surface area contributed by atoms with Crippen LogP contribution in [0.2, 0.25) is 0 Å². The number of nitrogens with zero attached hydrogens (tertiary/aromatic N) is 2. The van der Waals surface area contributed by atoms with Gasteiger partial charge in [0.15, 0.2) is 0 Å². The number of hydrogen-bond acceptors (Lipinski definition) is 2. The number of para-hydroxylation sites is 2. The van der Waals surface area contributed by atoms with Crippen LogP contribution in [0.3, 0.4) is 0 Å². The molecule has 0 fully saturated rings. The molecular formula is C60H40N2S. The van der Waals surface area contributed by atoms with Crippen molar-refractivity contribution in [1.82, 2.24) is 4.57 Å². The predicted molar refractivity (Wildman–Crippen MR) is 270 cm³/mol. The van der Waals surface area contributed by atoms with E-state index in [1.807, 2.05) is 11.3 Å². The Morgan fingerprint density at radius 1 is 0.302 bits per heavy atom. The standard InChI is InChI=1S/C60H40N2S/c1-3-13-41(14-4-1)42-25-32-49(33-26-42)61(50-34-27-43(28-35-50)45-15-11-16-47(39-45)52-21-12-22-55-54-20-8-10-24-59(54)63-60(52)55)51-36-29-44(30-37-51)46-31-38-58-56(40-46)53-19-7-9-23-57(53)62(58)48-17-5-2-6-18-48/h1-40H. The van der Waals surface area contributed by atoms with Gasteiger partial charge in [0.2, 0.25) is 0 Å². The lowest BCUT2D eigenvalue weighted by Gasteiger charge is -2.26. The van der Waals surface area contributed by atoms with Crippen LogP contribution in [0.5, 0.6) is 0 Å². The highest BCUT2D eigenvalue weighted by Gasteiger charge is 2.17. The molecule has 63 heavy (non-hydrogen) atoms. The molecule has 0 N–H and O–H groups in total. The summed E-state index contributed by atoms with van der Waals surface area (Å²) < 4.78 is 5.03. The monoisotopic (exact) mass is 820 g/mol. The molecule has 0 atom stereocenters. The van der Waals surface area contributed by atoms with Crippen molar-refractivity contribution in [2.45, 2.75) is 0 Å². The highest BCUT2D eigenvalue weighted by Crippen LogP contribution is 2.42. The van der Waals surface area contributed by atoms with E-state index in [0.29, 0.717) is 0 Å². The number of thiophene rings is 1. The summed E-state index contributed by atoms with van der Waals surface area (Å²) in [7, 11) is 0. The molecule has 0 bridgehead atoms. The maximum atomic E-state index is 2.37. The molecule has 0 aliphatic heterocycles. The zero-order valence-electron chi connectivity index (χ0n) is 34.4. The number of benzene rings is 10. The summed E-state index contributed by atoms with van der Waals surface area (Å²) in [6.45, 7) is 0. The van der Waals surface area contributed by atoms with Gasteiger partial charge in [0.1, 0.15) is 0 Å². The third kappa shape index (κ3) is 6.58. The van der Waals surface area contributed by atoms with Gasteiger partial charge in [0, 0.05) is 53.7 Å². The van der Waals surface area contributed by atoms with Crippen molar-refractivity contribution in [3.8, 4) is 50.2 Å². The Hall–Kier alpha value is -7.98. The fraction of sp³-hybridized carbons (Fsp3) is 0. The fourth-order valence-corrected chi connectivity index (χ4v) is 10.6. The minimum atomic E-state index is 1.10. The molecule has 0 aliphatic rings. The maximum Gasteiger partial charge on any atom is 0.0541 e. The average molecular weight is 821 g/mol. The second-order valence-corrected chi connectivity index (χ2v) is 17.2. The molecule has 12 rings (SSSR count). The Balaban J connectivity index is 0.903. The van der Waals surface area contributed by atoms with Crippen LogP contribution in [-0.4, -0.2) is 4.57 Å². The SMILES string of the molecule is c1ccc(-c2ccc(N(c3ccc(-c4cccc(-c5cccc6c5sc5ccccc56)c4)cc3)c3ccc(-c4ccc5c(c4)c4ccccc4n5-c4ccccc4)cc3)cc2)cc1. The fourth-order valence-electron chi connectivity index (χ4n) is 9.34. The van der Waals surface area contributed by atoms with Gasteiger partial charge in [-0.15, -0.1) is 11.3 Å². The largest absolute Gasteiger partial charge is 0.311 e. The van der Waals surface area contributed by atoms with E-state index in [1.54, 1.807) is 0 Å². The van der Waals surface area contributed by atoms with E-state index in [-0.39, 0.29) is 0 Å². The first kappa shape index (κ1) is 36.8.